The fourth-order valence-electron chi connectivity index (χ4n) is 27.1. The maximum absolute atomic E-state index is 2.87. The molecule has 0 rings (SSSR count). The Morgan fingerprint density at radius 2 is 0.208 bits per heavy atom. The molecule has 0 bridgehead atoms. The lowest BCUT2D eigenvalue weighted by atomic mass is 8.21. The molecule has 0 aliphatic heterocycles. The normalized spacial score (nSPS) is 9.17. The summed E-state index contributed by atoms with van der Waals surface area (Å²) in [6, 6.07) is 0. The highest BCUT2D eigenvalue weighted by atomic mass is 13.5. The molecule has 96 heteroatoms. The van der Waals surface area contributed by atoms with Gasteiger partial charge in [0.1, 0.15) is 0 Å². The lowest BCUT2D eigenvalue weighted by Gasteiger charge is -2.60. The van der Waals surface area contributed by atoms with Gasteiger partial charge in [0.15, 0.2) is 0 Å². The predicted octanol–water partition coefficient (Wildman–Crippen LogP) is -62.8. The highest BCUT2D eigenvalue weighted by molar-refractivity contribution is 8.41. The fourth-order valence-corrected chi connectivity index (χ4v) is 27.1. The van der Waals surface area contributed by atoms with Gasteiger partial charge in [0.2, 0.25) is 0 Å². The van der Waals surface area contributed by atoms with Gasteiger partial charge in [-0.2, -0.15) is 0 Å². The van der Waals surface area contributed by atoms with Crippen molar-refractivity contribution in [3.63, 3.8) is 0 Å². The molecular weight excluding hydrogens is 1040 g/mol. The highest BCUT2D eigenvalue weighted by Crippen LogP contribution is 2.27. The van der Waals surface area contributed by atoms with Crippen molar-refractivity contribution in [1.29, 1.82) is 0 Å². The van der Waals surface area contributed by atoms with E-state index in [4.69, 9.17) is 0 Å². The topological polar surface area (TPSA) is 0 Å². The van der Waals surface area contributed by atoms with Crippen LogP contribution in [0.4, 0.5) is 0 Å². The van der Waals surface area contributed by atoms with Crippen LogP contribution >= 0.6 is 0 Å². The van der Waals surface area contributed by atoms with Crippen LogP contribution < -0.4 is 0 Å². The molecular formula is H98B96. The summed E-state index contributed by atoms with van der Waals surface area (Å²) in [5.74, 6) is 0. The Kier molecular flexibility index (Phi) is 62.9. The largest absolute Gasteiger partial charge is 0.0594 e. The van der Waals surface area contributed by atoms with Gasteiger partial charge in [-0.1, -0.05) is 0 Å². The van der Waals surface area contributed by atoms with Crippen molar-refractivity contribution in [2.24, 2.45) is 0 Å². The van der Waals surface area contributed by atoms with Crippen molar-refractivity contribution in [1.82, 2.24) is 0 Å². The first-order chi connectivity index (χ1) is 46.3. The van der Waals surface area contributed by atoms with Crippen LogP contribution in [0.25, 0.3) is 0 Å². The molecule has 0 aromatic heterocycles. The average Bonchev–Trinajstić information content (AvgIpc) is 0.721. The molecule has 0 amide bonds. The van der Waals surface area contributed by atoms with E-state index in [9.17, 15) is 0 Å². The maximum Gasteiger partial charge on any atom is 0.0594 e. The molecule has 0 aliphatic carbocycles. The van der Waals surface area contributed by atoms with Gasteiger partial charge < -0.3 is 0 Å². The molecule has 0 fully saturated rings. The Labute approximate surface area is 672 Å². The molecule has 0 radical (unpaired) electrons. The Hall–Kier alpha value is 6.23. The van der Waals surface area contributed by atoms with Crippen molar-refractivity contribution in [2.45, 2.75) is 0 Å². The van der Waals surface area contributed by atoms with Crippen LogP contribution in [0.3, 0.4) is 0 Å². The third kappa shape index (κ3) is 27.3. The molecule has 386 valence electrons. The monoisotopic (exact) mass is 1160 g/mol. The Morgan fingerprint density at radius 1 is 0.104 bits per heavy atom. The van der Waals surface area contributed by atoms with E-state index < -0.39 is 0 Å². The third-order valence-electron chi connectivity index (χ3n) is 32.1. The van der Waals surface area contributed by atoms with Gasteiger partial charge in [-0.3, -0.25) is 0 Å². The Balaban J connectivity index is 13.6. The highest BCUT2D eigenvalue weighted by Gasteiger charge is 2.66. The first-order valence-corrected chi connectivity index (χ1v) is 46.3. The van der Waals surface area contributed by atoms with Gasteiger partial charge in [-0.25, -0.2) is 0 Å². The van der Waals surface area contributed by atoms with Crippen LogP contribution in [0.15, 0.2) is 0 Å². The van der Waals surface area contributed by atoms with Crippen molar-refractivity contribution < 1.29 is 0 Å². The third-order valence-corrected chi connectivity index (χ3v) is 32.1. The summed E-state index contributed by atoms with van der Waals surface area (Å²) < 4.78 is 0. The molecule has 0 saturated carbocycles. The number of rotatable bonds is 62. The van der Waals surface area contributed by atoms with Crippen LogP contribution in [0.1, 0.15) is 0 Å². The van der Waals surface area contributed by atoms with Crippen molar-refractivity contribution in [2.75, 3.05) is 0 Å². The first-order valence-electron chi connectivity index (χ1n) is 46.3. The van der Waals surface area contributed by atoms with Gasteiger partial charge >= 0.3 is 0 Å². The zero-order valence-corrected chi connectivity index (χ0v) is 73.5. The minimum absolute atomic E-state index is 0.635. The lowest BCUT2D eigenvalue weighted by Crippen LogP contribution is -2.98. The summed E-state index contributed by atoms with van der Waals surface area (Å²) in [4.78, 5) is 0. The molecule has 96 heavy (non-hydrogen) atoms. The van der Waals surface area contributed by atoms with Gasteiger partial charge in [-0.05, 0) is 0 Å². The lowest BCUT2D eigenvalue weighted by molar-refractivity contribution is 3.15. The quantitative estimate of drug-likeness (QED) is 0.0533. The van der Waals surface area contributed by atoms with E-state index in [1.165, 1.54) is 226 Å². The molecule has 0 nitrogen and oxygen atoms in total. The molecule has 0 spiro atoms. The summed E-state index contributed by atoms with van der Waals surface area (Å²) in [6.45, 7) is 0. The predicted molar refractivity (Wildman–Crippen MR) is 689 cm³/mol. The fraction of sp³-hybridized carbons (Fsp3) is 0. The van der Waals surface area contributed by atoms with E-state index in [0.29, 0.717) is 95.8 Å². The van der Waals surface area contributed by atoms with Crippen molar-refractivity contribution >= 4 is 679 Å². The standard InChI is InChI=1S/B96H98/c1-34-66(33)77(55-22)88(78(56-23)67(35-2)36-3)95(92(85(63-30)74(49-16)50-17)89(79(57-24)68(37-4)38-5)80(58-25)69(39-6)40-7)96(93(86(64-31)75(51-18)52-19)90(81(59-26)70(41-8)42-9)82(60-27)71(43-10)44-11)94(87(65-32)76(53-20)54-21)91(83(61-28)72(45-12)46-13)84(62-29)73(47-14)48-15/h34-65H,1-33H2. The SMILES string of the molecule is BBB(B)B(BB)B(B(BB)B(BB)BB)B(B(B(BB)B(BB)BB)B(B(BB)B(BB)BB)B(BB)B(BB)BB)B(B(B(BB)B(BB)BB)B(B(BB)B(BB)BB)B(BB)B(BB)BB)B(B(BB)B(BB)BB)B(B(BB)B(BB)BB)B(BB)B(BB)BB. The van der Waals surface area contributed by atoms with Gasteiger partial charge in [-0.15, -0.1) is 0 Å². The zero-order valence-electron chi connectivity index (χ0n) is 73.5. The molecule has 0 aromatic rings. The minimum Gasteiger partial charge on any atom is 0.0000309 e. The summed E-state index contributed by atoms with van der Waals surface area (Å²) in [5, 5.41) is 0. The van der Waals surface area contributed by atoms with Gasteiger partial charge in [0.05, 0.1) is 255 Å². The first kappa shape index (κ1) is 102. The molecule has 0 unspecified atom stereocenters. The second-order valence-electron chi connectivity index (χ2n) is 34.1. The van der Waals surface area contributed by atoms with Crippen LogP contribution in [-0.2, 0) is 0 Å². The molecule has 0 saturated heterocycles. The van der Waals surface area contributed by atoms with Crippen LogP contribution in [0.2, 0.25) is 0 Å². The van der Waals surface area contributed by atoms with Crippen LogP contribution in [-0.4, -0.2) is 679 Å². The van der Waals surface area contributed by atoms with E-state index in [1.54, 1.807) is 0 Å². The number of hydrogen-bond donors (Lipinski definition) is 0. The average molecular weight is 1140 g/mol. The van der Waals surface area contributed by atoms with E-state index >= 15 is 0 Å². The van der Waals surface area contributed by atoms with E-state index in [0.717, 1.165) is 102 Å². The van der Waals surface area contributed by atoms with E-state index in [-0.39, 0.29) is 0 Å². The number of hydrogen-bond acceptors (Lipinski definition) is 0. The van der Waals surface area contributed by atoms with E-state index in [2.05, 4.69) is 255 Å². The van der Waals surface area contributed by atoms with Crippen LogP contribution in [0.5, 0.6) is 0 Å². The summed E-state index contributed by atoms with van der Waals surface area (Å²) in [5.41, 5.74) is 0. The van der Waals surface area contributed by atoms with Crippen molar-refractivity contribution in [3.05, 3.63) is 0 Å². The van der Waals surface area contributed by atoms with Crippen molar-refractivity contribution in [3.8, 4) is 0 Å². The van der Waals surface area contributed by atoms with Gasteiger partial charge in [0.25, 0.3) is 0 Å². The molecule has 0 heterocycles. The summed E-state index contributed by atoms with van der Waals surface area (Å²) in [7, 11) is 133. The molecule has 0 atom stereocenters. The van der Waals surface area contributed by atoms with Gasteiger partial charge in [0, 0.05) is 424 Å². The smallest absolute Gasteiger partial charge is 0.0000309 e. The summed E-state index contributed by atoms with van der Waals surface area (Å²) in [6.07, 6.45) is 22.0. The molecule has 0 N–H and O–H groups in total. The Bertz CT molecular complexity index is 1570. The maximum atomic E-state index is 2.87. The molecule has 0 aromatic carbocycles. The van der Waals surface area contributed by atoms with E-state index in [1.807, 2.05) is 0 Å². The summed E-state index contributed by atoms with van der Waals surface area (Å²) >= 11 is 0. The zero-order chi connectivity index (χ0) is 73.5. The second kappa shape index (κ2) is 59.1. The van der Waals surface area contributed by atoms with Crippen LogP contribution in [0, 0.1) is 0 Å². The Morgan fingerprint density at radius 3 is 0.312 bits per heavy atom. The molecule has 0 aliphatic rings. The minimum atomic E-state index is 0.635. The second-order valence-corrected chi connectivity index (χ2v) is 34.1.